The van der Waals surface area contributed by atoms with Crippen molar-refractivity contribution in [1.82, 2.24) is 19.7 Å². The minimum Gasteiger partial charge on any atom is -0.493 e. The van der Waals surface area contributed by atoms with E-state index in [4.69, 9.17) is 21.1 Å². The molecule has 0 N–H and O–H groups in total. The molecule has 7 nitrogen and oxygen atoms in total. The number of halogens is 1. The third-order valence-corrected chi connectivity index (χ3v) is 6.23. The van der Waals surface area contributed by atoms with Gasteiger partial charge in [-0.25, -0.2) is 4.98 Å². The summed E-state index contributed by atoms with van der Waals surface area (Å²) in [4.78, 5) is 19.5. The number of amides is 1. The second-order valence-electron chi connectivity index (χ2n) is 7.11. The van der Waals surface area contributed by atoms with E-state index in [0.717, 1.165) is 22.8 Å². The molecule has 1 aromatic carbocycles. The summed E-state index contributed by atoms with van der Waals surface area (Å²) in [5.74, 6) is 0.792. The Morgan fingerprint density at radius 1 is 1.37 bits per heavy atom. The Hall–Kier alpha value is -2.42. The van der Waals surface area contributed by atoms with Crippen LogP contribution in [0.4, 0.5) is 0 Å². The van der Waals surface area contributed by atoms with Gasteiger partial charge in [-0.1, -0.05) is 11.6 Å². The average Bonchev–Trinajstić information content (AvgIpc) is 3.34. The molecule has 0 spiro atoms. The van der Waals surface area contributed by atoms with Gasteiger partial charge in [-0.05, 0) is 37.3 Å². The second kappa shape index (κ2) is 9.16. The summed E-state index contributed by atoms with van der Waals surface area (Å²) in [7, 11) is 1.91. The van der Waals surface area contributed by atoms with Crippen molar-refractivity contribution in [2.45, 2.75) is 19.4 Å². The number of aryl methyl sites for hydroxylation is 2. The number of thiazole rings is 1. The Labute approximate surface area is 184 Å². The van der Waals surface area contributed by atoms with Gasteiger partial charge in [-0.15, -0.1) is 11.3 Å². The normalized spacial score (nSPS) is 16.6. The van der Waals surface area contributed by atoms with Gasteiger partial charge < -0.3 is 14.4 Å². The standard InChI is InChI=1S/C21H23ClN4O3S/c1-14-20(30-13-23-14)21(27)26-8-10-29-19(12-26)18-11-16(25(2)24-18)7-9-28-17-5-3-15(22)4-6-17/h3-6,11,13,19H,7-10,12H2,1-2H3/t19-/m0/s1. The molecule has 1 amide bonds. The first-order valence-electron chi connectivity index (χ1n) is 9.73. The van der Waals surface area contributed by atoms with Crippen molar-refractivity contribution in [1.29, 1.82) is 0 Å². The van der Waals surface area contributed by atoms with Crippen LogP contribution in [0.15, 0.2) is 35.8 Å². The van der Waals surface area contributed by atoms with Crippen LogP contribution in [0.1, 0.15) is 32.9 Å². The molecule has 0 saturated carbocycles. The highest BCUT2D eigenvalue weighted by molar-refractivity contribution is 7.11. The van der Waals surface area contributed by atoms with Crippen molar-refractivity contribution >= 4 is 28.8 Å². The van der Waals surface area contributed by atoms with Gasteiger partial charge in [0, 0.05) is 30.7 Å². The molecule has 3 heterocycles. The Morgan fingerprint density at radius 2 is 2.17 bits per heavy atom. The number of hydrogen-bond donors (Lipinski definition) is 0. The van der Waals surface area contributed by atoms with E-state index < -0.39 is 0 Å². The Morgan fingerprint density at radius 3 is 2.90 bits per heavy atom. The largest absolute Gasteiger partial charge is 0.493 e. The highest BCUT2D eigenvalue weighted by Crippen LogP contribution is 2.25. The van der Waals surface area contributed by atoms with Crippen molar-refractivity contribution < 1.29 is 14.3 Å². The topological polar surface area (TPSA) is 69.5 Å². The number of rotatable bonds is 6. The molecular formula is C21H23ClN4O3S. The van der Waals surface area contributed by atoms with Gasteiger partial charge in [0.25, 0.3) is 5.91 Å². The van der Waals surface area contributed by atoms with Gasteiger partial charge in [0.1, 0.15) is 16.7 Å². The molecule has 158 valence electrons. The number of ether oxygens (including phenoxy) is 2. The number of morpholine rings is 1. The zero-order valence-electron chi connectivity index (χ0n) is 16.9. The maximum atomic E-state index is 12.8. The first-order valence-corrected chi connectivity index (χ1v) is 11.0. The summed E-state index contributed by atoms with van der Waals surface area (Å²) in [5.41, 5.74) is 4.35. The second-order valence-corrected chi connectivity index (χ2v) is 8.41. The van der Waals surface area contributed by atoms with E-state index in [2.05, 4.69) is 10.1 Å². The van der Waals surface area contributed by atoms with Crippen LogP contribution < -0.4 is 4.74 Å². The molecule has 2 aromatic heterocycles. The zero-order chi connectivity index (χ0) is 21.1. The third kappa shape index (κ3) is 4.66. The van der Waals surface area contributed by atoms with Crippen LogP contribution >= 0.6 is 22.9 Å². The molecule has 1 atom stereocenters. The summed E-state index contributed by atoms with van der Waals surface area (Å²) in [5, 5.41) is 5.30. The molecule has 1 aliphatic heterocycles. The fourth-order valence-corrected chi connectivity index (χ4v) is 4.28. The van der Waals surface area contributed by atoms with Crippen LogP contribution in [0.25, 0.3) is 0 Å². The fraction of sp³-hybridized carbons (Fsp3) is 0.381. The van der Waals surface area contributed by atoms with Crippen molar-refractivity contribution in [2.24, 2.45) is 7.05 Å². The van der Waals surface area contributed by atoms with Crippen LogP contribution in [0.2, 0.25) is 5.02 Å². The molecule has 0 radical (unpaired) electrons. The molecular weight excluding hydrogens is 424 g/mol. The lowest BCUT2D eigenvalue weighted by molar-refractivity contribution is -0.0248. The van der Waals surface area contributed by atoms with E-state index >= 15 is 0 Å². The minimum atomic E-state index is -0.243. The summed E-state index contributed by atoms with van der Waals surface area (Å²) >= 11 is 7.28. The lowest BCUT2D eigenvalue weighted by Gasteiger charge is -2.32. The van der Waals surface area contributed by atoms with E-state index in [1.807, 2.05) is 41.8 Å². The molecule has 3 aromatic rings. The Balaban J connectivity index is 1.37. The van der Waals surface area contributed by atoms with Gasteiger partial charge >= 0.3 is 0 Å². The van der Waals surface area contributed by atoms with Crippen molar-refractivity contribution in [2.75, 3.05) is 26.3 Å². The van der Waals surface area contributed by atoms with Crippen LogP contribution in [-0.2, 0) is 18.2 Å². The van der Waals surface area contributed by atoms with Crippen LogP contribution in [0.3, 0.4) is 0 Å². The number of benzene rings is 1. The smallest absolute Gasteiger partial charge is 0.266 e. The molecule has 0 unspecified atom stereocenters. The molecule has 1 fully saturated rings. The van der Waals surface area contributed by atoms with Gasteiger partial charge in [-0.2, -0.15) is 5.10 Å². The number of carbonyl (C=O) groups is 1. The molecule has 0 aliphatic carbocycles. The van der Waals surface area contributed by atoms with E-state index in [0.29, 0.717) is 42.6 Å². The molecule has 1 saturated heterocycles. The molecule has 30 heavy (non-hydrogen) atoms. The average molecular weight is 447 g/mol. The van der Waals surface area contributed by atoms with Crippen LogP contribution in [0.5, 0.6) is 5.75 Å². The number of hydrogen-bond acceptors (Lipinski definition) is 6. The highest BCUT2D eigenvalue weighted by Gasteiger charge is 2.29. The van der Waals surface area contributed by atoms with Crippen molar-refractivity contribution in [3.63, 3.8) is 0 Å². The van der Waals surface area contributed by atoms with E-state index in [1.54, 1.807) is 17.6 Å². The SMILES string of the molecule is Cc1ncsc1C(=O)N1CCO[C@H](c2cc(CCOc3ccc(Cl)cc3)n(C)n2)C1. The maximum Gasteiger partial charge on any atom is 0.266 e. The lowest BCUT2D eigenvalue weighted by atomic mass is 10.1. The van der Waals surface area contributed by atoms with E-state index in [-0.39, 0.29) is 12.0 Å². The zero-order valence-corrected chi connectivity index (χ0v) is 18.4. The van der Waals surface area contributed by atoms with E-state index in [1.165, 1.54) is 11.3 Å². The lowest BCUT2D eigenvalue weighted by Crippen LogP contribution is -2.42. The fourth-order valence-electron chi connectivity index (χ4n) is 3.39. The molecule has 9 heteroatoms. The highest BCUT2D eigenvalue weighted by atomic mass is 35.5. The van der Waals surface area contributed by atoms with Gasteiger partial charge in [0.15, 0.2) is 0 Å². The van der Waals surface area contributed by atoms with Crippen LogP contribution in [0, 0.1) is 6.92 Å². The maximum absolute atomic E-state index is 12.8. The van der Waals surface area contributed by atoms with Gasteiger partial charge in [-0.3, -0.25) is 9.48 Å². The van der Waals surface area contributed by atoms with E-state index in [9.17, 15) is 4.79 Å². The predicted octanol–water partition coefficient (Wildman–Crippen LogP) is 3.67. The minimum absolute atomic E-state index is 0.0100. The number of nitrogens with zero attached hydrogens (tertiary/aromatic N) is 4. The summed E-state index contributed by atoms with van der Waals surface area (Å²) in [6.07, 6.45) is 0.467. The Kier molecular flexibility index (Phi) is 6.36. The van der Waals surface area contributed by atoms with Crippen LogP contribution in [-0.4, -0.2) is 51.9 Å². The molecule has 1 aliphatic rings. The number of carbonyl (C=O) groups excluding carboxylic acids is 1. The third-order valence-electron chi connectivity index (χ3n) is 5.06. The summed E-state index contributed by atoms with van der Waals surface area (Å²) < 4.78 is 13.6. The molecule has 4 rings (SSSR count). The van der Waals surface area contributed by atoms with Gasteiger partial charge in [0.2, 0.25) is 0 Å². The Bertz CT molecular complexity index is 1020. The number of aromatic nitrogens is 3. The predicted molar refractivity (Wildman–Crippen MR) is 115 cm³/mol. The first-order chi connectivity index (χ1) is 14.5. The molecule has 0 bridgehead atoms. The monoisotopic (exact) mass is 446 g/mol. The quantitative estimate of drug-likeness (QED) is 0.577. The summed E-state index contributed by atoms with van der Waals surface area (Å²) in [6.45, 7) is 3.93. The van der Waals surface area contributed by atoms with Crippen molar-refractivity contribution in [3.8, 4) is 5.75 Å². The van der Waals surface area contributed by atoms with Gasteiger partial charge in [0.05, 0.1) is 36.7 Å². The first kappa shape index (κ1) is 20.8. The summed E-state index contributed by atoms with van der Waals surface area (Å²) in [6, 6.07) is 9.34. The van der Waals surface area contributed by atoms with Crippen molar-refractivity contribution in [3.05, 3.63) is 62.8 Å².